The van der Waals surface area contributed by atoms with Gasteiger partial charge in [-0.1, -0.05) is 60.2 Å². The molecule has 4 rings (SSSR count). The molecule has 26 heavy (non-hydrogen) atoms. The predicted molar refractivity (Wildman–Crippen MR) is 113 cm³/mol. The first-order chi connectivity index (χ1) is 12.6. The van der Waals surface area contributed by atoms with Crippen molar-refractivity contribution in [2.45, 2.75) is 27.2 Å². The van der Waals surface area contributed by atoms with Crippen LogP contribution in [0, 0.1) is 0 Å². The lowest BCUT2D eigenvalue weighted by Crippen LogP contribution is -1.95. The molecule has 0 aliphatic heterocycles. The van der Waals surface area contributed by atoms with E-state index in [-0.39, 0.29) is 0 Å². The van der Waals surface area contributed by atoms with Crippen LogP contribution in [0.4, 0.5) is 5.69 Å². The van der Waals surface area contributed by atoms with E-state index in [1.807, 2.05) is 36.5 Å². The molecule has 0 heterocycles. The van der Waals surface area contributed by atoms with Crippen molar-refractivity contribution in [3.63, 3.8) is 0 Å². The second kappa shape index (κ2) is 6.76. The van der Waals surface area contributed by atoms with Gasteiger partial charge in [0.2, 0.25) is 0 Å². The number of fused-ring (bicyclic) bond motifs is 1. The lowest BCUT2D eigenvalue weighted by atomic mass is 9.92. The molecular formula is C25H23N. The topological polar surface area (TPSA) is 12.4 Å². The molecule has 0 N–H and O–H groups in total. The molecule has 3 aromatic carbocycles. The number of aliphatic imine (C=N–C) groups is 1. The van der Waals surface area contributed by atoms with Crippen molar-refractivity contribution in [1.82, 2.24) is 0 Å². The van der Waals surface area contributed by atoms with Gasteiger partial charge in [0, 0.05) is 11.8 Å². The van der Waals surface area contributed by atoms with Crippen molar-refractivity contribution in [1.29, 1.82) is 0 Å². The van der Waals surface area contributed by atoms with Crippen LogP contribution in [0.15, 0.2) is 88.4 Å². The number of para-hydroxylation sites is 1. The van der Waals surface area contributed by atoms with Gasteiger partial charge < -0.3 is 0 Å². The molecule has 0 bridgehead atoms. The zero-order valence-corrected chi connectivity index (χ0v) is 15.6. The molecule has 0 atom stereocenters. The lowest BCUT2D eigenvalue weighted by molar-refractivity contribution is 1.22. The Morgan fingerprint density at radius 2 is 1.50 bits per heavy atom. The third-order valence-corrected chi connectivity index (χ3v) is 5.49. The Morgan fingerprint density at radius 3 is 2.23 bits per heavy atom. The Hall–Kier alpha value is -2.93. The molecule has 0 saturated heterocycles. The molecule has 128 valence electrons. The van der Waals surface area contributed by atoms with Crippen molar-refractivity contribution in [3.8, 4) is 0 Å². The smallest absolute Gasteiger partial charge is 0.0629 e. The summed E-state index contributed by atoms with van der Waals surface area (Å²) in [5, 5.41) is 2.51. The van der Waals surface area contributed by atoms with Crippen LogP contribution in [0.2, 0.25) is 0 Å². The monoisotopic (exact) mass is 337 g/mol. The van der Waals surface area contributed by atoms with Gasteiger partial charge in [0.25, 0.3) is 0 Å². The zero-order chi connectivity index (χ0) is 18.1. The largest absolute Gasteiger partial charge is 0.256 e. The Balaban J connectivity index is 1.90. The van der Waals surface area contributed by atoms with Gasteiger partial charge in [-0.25, -0.2) is 0 Å². The van der Waals surface area contributed by atoms with Gasteiger partial charge >= 0.3 is 0 Å². The van der Waals surface area contributed by atoms with Gasteiger partial charge in [-0.15, -0.1) is 0 Å². The molecule has 0 aromatic heterocycles. The summed E-state index contributed by atoms with van der Waals surface area (Å²) in [5.74, 6) is 0. The molecular weight excluding hydrogens is 314 g/mol. The Bertz CT molecular complexity index is 1070. The quantitative estimate of drug-likeness (QED) is 0.452. The van der Waals surface area contributed by atoms with Crippen molar-refractivity contribution >= 4 is 28.2 Å². The fourth-order valence-electron chi connectivity index (χ4n) is 3.72. The fourth-order valence-corrected chi connectivity index (χ4v) is 3.72. The molecule has 0 spiro atoms. The van der Waals surface area contributed by atoms with Gasteiger partial charge in [-0.2, -0.15) is 0 Å². The number of rotatable bonds is 3. The van der Waals surface area contributed by atoms with Crippen LogP contribution in [0.3, 0.4) is 0 Å². The highest BCUT2D eigenvalue weighted by Gasteiger charge is 2.19. The maximum absolute atomic E-state index is 4.76. The third kappa shape index (κ3) is 2.90. The predicted octanol–water partition coefficient (Wildman–Crippen LogP) is 7.10. The summed E-state index contributed by atoms with van der Waals surface area (Å²) >= 11 is 0. The van der Waals surface area contributed by atoms with Gasteiger partial charge in [0.1, 0.15) is 0 Å². The standard InChI is InChI=1S/C25H23N/c1-17-15-24(19(3)18(17)2)23-14-13-20-9-7-8-12-22(20)25(23)16-26-21-10-5-4-6-11-21/h4-14,16H,15H2,1-3H3/b26-16+. The van der Waals surface area contributed by atoms with E-state index in [0.29, 0.717) is 0 Å². The minimum atomic E-state index is 0.981. The van der Waals surface area contributed by atoms with Gasteiger partial charge in [0.05, 0.1) is 5.69 Å². The molecule has 3 aromatic rings. The Labute approximate surface area is 155 Å². The Kier molecular flexibility index (Phi) is 4.30. The van der Waals surface area contributed by atoms with E-state index in [4.69, 9.17) is 4.99 Å². The number of hydrogen-bond donors (Lipinski definition) is 0. The van der Waals surface area contributed by atoms with Crippen LogP contribution in [-0.2, 0) is 0 Å². The van der Waals surface area contributed by atoms with Crippen LogP contribution in [0.5, 0.6) is 0 Å². The van der Waals surface area contributed by atoms with E-state index in [1.165, 1.54) is 44.2 Å². The summed E-state index contributed by atoms with van der Waals surface area (Å²) < 4.78 is 0. The van der Waals surface area contributed by atoms with Crippen LogP contribution >= 0.6 is 0 Å². The highest BCUT2D eigenvalue weighted by Crippen LogP contribution is 2.40. The van der Waals surface area contributed by atoms with Gasteiger partial charge in [-0.05, 0) is 72.4 Å². The minimum Gasteiger partial charge on any atom is -0.256 e. The molecule has 0 unspecified atom stereocenters. The second-order valence-electron chi connectivity index (χ2n) is 7.03. The highest BCUT2D eigenvalue weighted by atomic mass is 14.7. The van der Waals surface area contributed by atoms with Crippen LogP contribution in [0.25, 0.3) is 16.3 Å². The van der Waals surface area contributed by atoms with Gasteiger partial charge in [0.15, 0.2) is 0 Å². The first kappa shape index (κ1) is 16.5. The van der Waals surface area contributed by atoms with E-state index in [9.17, 15) is 0 Å². The molecule has 0 fully saturated rings. The number of hydrogen-bond acceptors (Lipinski definition) is 1. The van der Waals surface area contributed by atoms with Crippen molar-refractivity contribution < 1.29 is 0 Å². The molecule has 1 heteroatoms. The number of nitrogens with zero attached hydrogens (tertiary/aromatic N) is 1. The summed E-state index contributed by atoms with van der Waals surface area (Å²) in [7, 11) is 0. The van der Waals surface area contributed by atoms with E-state index in [0.717, 1.165) is 12.1 Å². The maximum atomic E-state index is 4.76. The first-order valence-electron chi connectivity index (χ1n) is 9.13. The summed E-state index contributed by atoms with van der Waals surface area (Å²) in [6.45, 7) is 6.72. The van der Waals surface area contributed by atoms with Crippen LogP contribution in [-0.4, -0.2) is 6.21 Å². The van der Waals surface area contributed by atoms with E-state index < -0.39 is 0 Å². The van der Waals surface area contributed by atoms with E-state index in [2.05, 4.69) is 57.2 Å². The summed E-state index contributed by atoms with van der Waals surface area (Å²) in [6.07, 6.45) is 3.07. The van der Waals surface area contributed by atoms with E-state index >= 15 is 0 Å². The molecule has 0 radical (unpaired) electrons. The van der Waals surface area contributed by atoms with Gasteiger partial charge in [-0.3, -0.25) is 4.99 Å². The molecule has 0 saturated carbocycles. The molecule has 1 nitrogen and oxygen atoms in total. The highest BCUT2D eigenvalue weighted by molar-refractivity contribution is 6.05. The normalized spacial score (nSPS) is 14.9. The van der Waals surface area contributed by atoms with E-state index in [1.54, 1.807) is 0 Å². The van der Waals surface area contributed by atoms with Crippen LogP contribution < -0.4 is 0 Å². The summed E-state index contributed by atoms with van der Waals surface area (Å²) in [5.41, 5.74) is 9.23. The SMILES string of the molecule is CC1=C(C)C(C)=C(c2ccc3ccccc3c2/C=N/c2ccccc2)C1. The molecule has 0 amide bonds. The summed E-state index contributed by atoms with van der Waals surface area (Å²) in [4.78, 5) is 4.76. The average molecular weight is 337 g/mol. The first-order valence-corrected chi connectivity index (χ1v) is 9.13. The maximum Gasteiger partial charge on any atom is 0.0629 e. The minimum absolute atomic E-state index is 0.981. The number of allylic oxidation sites excluding steroid dienone is 4. The molecule has 1 aliphatic carbocycles. The number of benzene rings is 3. The lowest BCUT2D eigenvalue weighted by Gasteiger charge is -2.13. The zero-order valence-electron chi connectivity index (χ0n) is 15.6. The van der Waals surface area contributed by atoms with Crippen LogP contribution in [0.1, 0.15) is 38.3 Å². The Morgan fingerprint density at radius 1 is 0.769 bits per heavy atom. The molecule has 1 aliphatic rings. The third-order valence-electron chi connectivity index (χ3n) is 5.49. The van der Waals surface area contributed by atoms with Crippen molar-refractivity contribution in [2.75, 3.05) is 0 Å². The second-order valence-corrected chi connectivity index (χ2v) is 7.03. The summed E-state index contributed by atoms with van der Waals surface area (Å²) in [6, 6.07) is 23.2. The average Bonchev–Trinajstić information content (AvgIpc) is 2.94. The van der Waals surface area contributed by atoms with Crippen molar-refractivity contribution in [2.24, 2.45) is 4.99 Å². The van der Waals surface area contributed by atoms with Crippen molar-refractivity contribution in [3.05, 3.63) is 94.6 Å². The fraction of sp³-hybridized carbons (Fsp3) is 0.160.